The van der Waals surface area contributed by atoms with Gasteiger partial charge < -0.3 is 10.2 Å². The number of benzene rings is 1. The third-order valence-corrected chi connectivity index (χ3v) is 7.26. The molecule has 3 rings (SSSR count). The van der Waals surface area contributed by atoms with Crippen molar-refractivity contribution in [3.8, 4) is 22.9 Å². The van der Waals surface area contributed by atoms with Crippen molar-refractivity contribution in [2.45, 2.75) is 110 Å². The highest BCUT2D eigenvalue weighted by Crippen LogP contribution is 2.34. The van der Waals surface area contributed by atoms with E-state index in [-0.39, 0.29) is 11.5 Å². The molecule has 0 spiro atoms. The third-order valence-electron chi connectivity index (χ3n) is 7.26. The molecular weight excluding hydrogens is 456 g/mol. The van der Waals surface area contributed by atoms with Gasteiger partial charge in [-0.2, -0.15) is 0 Å². The van der Waals surface area contributed by atoms with E-state index in [1.165, 1.54) is 36.8 Å². The van der Waals surface area contributed by atoms with Crippen molar-refractivity contribution in [1.29, 1.82) is 0 Å². The van der Waals surface area contributed by atoms with E-state index in [9.17, 15) is 10.2 Å². The van der Waals surface area contributed by atoms with Gasteiger partial charge in [0.1, 0.15) is 0 Å². The lowest BCUT2D eigenvalue weighted by molar-refractivity contribution is 0.393. The molecule has 37 heavy (non-hydrogen) atoms. The molecule has 0 bridgehead atoms. The van der Waals surface area contributed by atoms with E-state index in [2.05, 4.69) is 48.1 Å². The Hall–Kier alpha value is -2.88. The Morgan fingerprint density at radius 1 is 0.486 bits per heavy atom. The average molecular weight is 503 g/mol. The Balaban J connectivity index is 1.35. The molecular formula is C33H46N2O2. The van der Waals surface area contributed by atoms with Gasteiger partial charge in [-0.3, -0.25) is 9.97 Å². The number of aromatic hydroxyl groups is 2. The second-order valence-electron chi connectivity index (χ2n) is 10.4. The third kappa shape index (κ3) is 9.50. The Morgan fingerprint density at radius 3 is 1.32 bits per heavy atom. The van der Waals surface area contributed by atoms with Gasteiger partial charge in [0.2, 0.25) is 0 Å². The smallest absolute Gasteiger partial charge is 0.160 e. The van der Waals surface area contributed by atoms with Crippen molar-refractivity contribution >= 4 is 0 Å². The Labute approximate surface area is 224 Å². The van der Waals surface area contributed by atoms with Crippen LogP contribution in [0.1, 0.15) is 107 Å². The van der Waals surface area contributed by atoms with Gasteiger partial charge in [0.05, 0.1) is 11.4 Å². The molecule has 4 heteroatoms. The summed E-state index contributed by atoms with van der Waals surface area (Å²) in [7, 11) is 0. The van der Waals surface area contributed by atoms with Crippen LogP contribution in [0.15, 0.2) is 48.8 Å². The SMILES string of the molecule is CCCCCCc1ccc(-c2ccc(CCCCCCc3ccc(CCCCC)c(O)c3O)cn2)nc1. The first-order chi connectivity index (χ1) is 18.1. The largest absolute Gasteiger partial charge is 0.504 e. The van der Waals surface area contributed by atoms with E-state index in [1.54, 1.807) is 0 Å². The molecule has 0 amide bonds. The second kappa shape index (κ2) is 16.1. The lowest BCUT2D eigenvalue weighted by Crippen LogP contribution is -1.94. The first-order valence-electron chi connectivity index (χ1n) is 14.5. The number of rotatable bonds is 17. The summed E-state index contributed by atoms with van der Waals surface area (Å²) in [5, 5.41) is 20.7. The highest BCUT2D eigenvalue weighted by Gasteiger charge is 2.11. The molecule has 0 aliphatic rings. The maximum atomic E-state index is 10.4. The zero-order chi connectivity index (χ0) is 26.3. The normalized spacial score (nSPS) is 11.2. The minimum Gasteiger partial charge on any atom is -0.504 e. The van der Waals surface area contributed by atoms with Gasteiger partial charge in [0.15, 0.2) is 11.5 Å². The molecule has 0 radical (unpaired) electrons. The lowest BCUT2D eigenvalue weighted by Gasteiger charge is -2.11. The number of hydrogen-bond donors (Lipinski definition) is 2. The molecule has 200 valence electrons. The zero-order valence-electron chi connectivity index (χ0n) is 23.0. The molecule has 3 aromatic rings. The molecule has 2 heterocycles. The average Bonchev–Trinajstić information content (AvgIpc) is 2.93. The zero-order valence-corrected chi connectivity index (χ0v) is 23.0. The van der Waals surface area contributed by atoms with Crippen molar-refractivity contribution in [2.24, 2.45) is 0 Å². The molecule has 4 nitrogen and oxygen atoms in total. The van der Waals surface area contributed by atoms with Crippen molar-refractivity contribution in [3.63, 3.8) is 0 Å². The molecule has 0 aliphatic carbocycles. The summed E-state index contributed by atoms with van der Waals surface area (Å²) in [6.07, 6.45) is 20.6. The van der Waals surface area contributed by atoms with Crippen LogP contribution in [0, 0.1) is 0 Å². The number of phenols is 2. The summed E-state index contributed by atoms with van der Waals surface area (Å²) in [5.41, 5.74) is 6.16. The number of phenolic OH excluding ortho intramolecular Hbond substituents is 2. The fraction of sp³-hybridized carbons (Fsp3) is 0.515. The molecule has 0 fully saturated rings. The van der Waals surface area contributed by atoms with Crippen molar-refractivity contribution in [2.75, 3.05) is 0 Å². The second-order valence-corrected chi connectivity index (χ2v) is 10.4. The number of nitrogens with zero attached hydrogens (tertiary/aromatic N) is 2. The van der Waals surface area contributed by atoms with Gasteiger partial charge in [-0.1, -0.05) is 83.1 Å². The van der Waals surface area contributed by atoms with Gasteiger partial charge in [0.25, 0.3) is 0 Å². The Kier molecular flexibility index (Phi) is 12.5. The van der Waals surface area contributed by atoms with Gasteiger partial charge in [-0.25, -0.2) is 0 Å². The van der Waals surface area contributed by atoms with Gasteiger partial charge >= 0.3 is 0 Å². The first-order valence-corrected chi connectivity index (χ1v) is 14.5. The minimum absolute atomic E-state index is 0.0799. The molecule has 0 saturated carbocycles. The summed E-state index contributed by atoms with van der Waals surface area (Å²) >= 11 is 0. The molecule has 0 unspecified atom stereocenters. The highest BCUT2D eigenvalue weighted by atomic mass is 16.3. The van der Waals surface area contributed by atoms with Crippen LogP contribution >= 0.6 is 0 Å². The van der Waals surface area contributed by atoms with E-state index in [0.29, 0.717) is 0 Å². The van der Waals surface area contributed by atoms with Gasteiger partial charge in [-0.15, -0.1) is 0 Å². The van der Waals surface area contributed by atoms with Crippen molar-refractivity contribution < 1.29 is 10.2 Å². The van der Waals surface area contributed by atoms with Crippen LogP contribution in [0.5, 0.6) is 11.5 Å². The minimum atomic E-state index is 0.0799. The van der Waals surface area contributed by atoms with E-state index in [4.69, 9.17) is 0 Å². The summed E-state index contributed by atoms with van der Waals surface area (Å²) in [4.78, 5) is 9.29. The summed E-state index contributed by atoms with van der Waals surface area (Å²) < 4.78 is 0. The highest BCUT2D eigenvalue weighted by molar-refractivity contribution is 5.54. The van der Waals surface area contributed by atoms with E-state index in [1.807, 2.05) is 24.5 Å². The topological polar surface area (TPSA) is 66.2 Å². The quantitative estimate of drug-likeness (QED) is 0.143. The fourth-order valence-electron chi connectivity index (χ4n) is 4.83. The number of unbranched alkanes of at least 4 members (excludes halogenated alkanes) is 8. The van der Waals surface area contributed by atoms with Crippen LogP contribution < -0.4 is 0 Å². The van der Waals surface area contributed by atoms with E-state index < -0.39 is 0 Å². The predicted molar refractivity (Wildman–Crippen MR) is 154 cm³/mol. The van der Waals surface area contributed by atoms with Crippen LogP contribution in [0.3, 0.4) is 0 Å². The predicted octanol–water partition coefficient (Wildman–Crippen LogP) is 8.76. The van der Waals surface area contributed by atoms with Crippen molar-refractivity contribution in [1.82, 2.24) is 9.97 Å². The number of pyridine rings is 2. The van der Waals surface area contributed by atoms with Crippen molar-refractivity contribution in [3.05, 3.63) is 71.0 Å². The monoisotopic (exact) mass is 502 g/mol. The number of aromatic nitrogens is 2. The van der Waals surface area contributed by atoms with Crippen LogP contribution in [-0.4, -0.2) is 20.2 Å². The van der Waals surface area contributed by atoms with Crippen LogP contribution in [0.4, 0.5) is 0 Å². The van der Waals surface area contributed by atoms with Crippen LogP contribution in [-0.2, 0) is 25.7 Å². The van der Waals surface area contributed by atoms with Crippen LogP contribution in [0.25, 0.3) is 11.4 Å². The maximum Gasteiger partial charge on any atom is 0.160 e. The summed E-state index contributed by atoms with van der Waals surface area (Å²) in [6.45, 7) is 4.41. The summed E-state index contributed by atoms with van der Waals surface area (Å²) in [6, 6.07) is 12.5. The molecule has 0 atom stereocenters. The lowest BCUT2D eigenvalue weighted by atomic mass is 9.99. The molecule has 2 aromatic heterocycles. The molecule has 2 N–H and O–H groups in total. The Morgan fingerprint density at radius 2 is 0.892 bits per heavy atom. The first kappa shape index (κ1) is 28.7. The van der Waals surface area contributed by atoms with Crippen LogP contribution in [0.2, 0.25) is 0 Å². The number of aryl methyl sites for hydroxylation is 4. The molecule has 0 aliphatic heterocycles. The number of hydrogen-bond acceptors (Lipinski definition) is 4. The molecule has 1 aromatic carbocycles. The Bertz CT molecular complexity index is 1050. The maximum absolute atomic E-state index is 10.4. The standard InChI is InChI=1S/C33H46N2O2/c1-3-5-7-11-14-26-18-22-30(34-24-26)31-23-19-27(25-35-31)15-12-8-9-13-17-29-21-20-28(16-10-6-4-2)32(36)33(29)37/h18-25,36-37H,3-17H2,1-2H3. The van der Waals surface area contributed by atoms with Gasteiger partial charge in [-0.05, 0) is 85.8 Å². The van der Waals surface area contributed by atoms with E-state index in [0.717, 1.165) is 93.1 Å². The van der Waals surface area contributed by atoms with Gasteiger partial charge in [0, 0.05) is 12.4 Å². The summed E-state index contributed by atoms with van der Waals surface area (Å²) in [5.74, 6) is 0.161. The van der Waals surface area contributed by atoms with E-state index >= 15 is 0 Å². The fourth-order valence-corrected chi connectivity index (χ4v) is 4.83. The molecule has 0 saturated heterocycles.